The molecule has 0 unspecified atom stereocenters. The molecule has 0 aliphatic carbocycles. The van der Waals surface area contributed by atoms with E-state index in [-0.39, 0.29) is 5.91 Å². The van der Waals surface area contributed by atoms with E-state index in [4.69, 9.17) is 0 Å². The second kappa shape index (κ2) is 7.24. The molecular formula is C23H24N2O3. The molecule has 0 radical (unpaired) electrons. The molecule has 0 spiro atoms. The highest BCUT2D eigenvalue weighted by Gasteiger charge is 2.48. The van der Waals surface area contributed by atoms with Crippen LogP contribution in [0.15, 0.2) is 54.6 Å². The van der Waals surface area contributed by atoms with Gasteiger partial charge in [0.25, 0.3) is 11.8 Å². The van der Waals surface area contributed by atoms with Crippen molar-refractivity contribution in [1.82, 2.24) is 4.90 Å². The SMILES string of the molecule is C[C@H](/C=C/c1ccccc1C(=O)N1CCCC1)[C@@]1(O)C(=O)Nc2ccccc21. The smallest absolute Gasteiger partial charge is 0.261 e. The molecule has 0 saturated carbocycles. The highest BCUT2D eigenvalue weighted by molar-refractivity contribution is 6.05. The normalized spacial score (nSPS) is 22.4. The van der Waals surface area contributed by atoms with Gasteiger partial charge in [-0.15, -0.1) is 0 Å². The largest absolute Gasteiger partial charge is 0.375 e. The number of nitrogens with zero attached hydrogens (tertiary/aromatic N) is 1. The number of benzene rings is 2. The summed E-state index contributed by atoms with van der Waals surface area (Å²) in [6, 6.07) is 14.6. The molecule has 1 saturated heterocycles. The summed E-state index contributed by atoms with van der Waals surface area (Å²) in [5.41, 5.74) is 1.04. The number of aliphatic hydroxyl groups is 1. The lowest BCUT2D eigenvalue weighted by atomic mass is 9.82. The predicted molar refractivity (Wildman–Crippen MR) is 109 cm³/mol. The van der Waals surface area contributed by atoms with Crippen molar-refractivity contribution in [3.63, 3.8) is 0 Å². The van der Waals surface area contributed by atoms with Crippen LogP contribution in [0.1, 0.15) is 41.3 Å². The van der Waals surface area contributed by atoms with Crippen LogP contribution in [0.3, 0.4) is 0 Å². The third-order valence-electron chi connectivity index (χ3n) is 5.74. The van der Waals surface area contributed by atoms with Crippen LogP contribution in [0, 0.1) is 5.92 Å². The van der Waals surface area contributed by atoms with E-state index in [2.05, 4.69) is 5.32 Å². The molecule has 5 heteroatoms. The van der Waals surface area contributed by atoms with E-state index in [1.165, 1.54) is 0 Å². The maximum atomic E-state index is 12.8. The average molecular weight is 376 g/mol. The van der Waals surface area contributed by atoms with Crippen LogP contribution in [0.25, 0.3) is 6.08 Å². The van der Waals surface area contributed by atoms with E-state index in [1.54, 1.807) is 18.2 Å². The molecule has 28 heavy (non-hydrogen) atoms. The second-order valence-corrected chi connectivity index (χ2v) is 7.50. The maximum absolute atomic E-state index is 12.8. The van der Waals surface area contributed by atoms with Gasteiger partial charge in [-0.3, -0.25) is 9.59 Å². The molecule has 5 nitrogen and oxygen atoms in total. The van der Waals surface area contributed by atoms with Gasteiger partial charge >= 0.3 is 0 Å². The van der Waals surface area contributed by atoms with Crippen LogP contribution >= 0.6 is 0 Å². The highest BCUT2D eigenvalue weighted by atomic mass is 16.3. The number of carbonyl (C=O) groups excluding carboxylic acids is 2. The highest BCUT2D eigenvalue weighted by Crippen LogP contribution is 2.41. The maximum Gasteiger partial charge on any atom is 0.261 e. The van der Waals surface area contributed by atoms with Crippen molar-refractivity contribution in [1.29, 1.82) is 0 Å². The van der Waals surface area contributed by atoms with Crippen molar-refractivity contribution >= 4 is 23.6 Å². The van der Waals surface area contributed by atoms with Crippen molar-refractivity contribution in [3.8, 4) is 0 Å². The molecule has 0 bridgehead atoms. The number of hydrogen-bond acceptors (Lipinski definition) is 3. The number of para-hydroxylation sites is 1. The van der Waals surface area contributed by atoms with Crippen LogP contribution in [-0.2, 0) is 10.4 Å². The van der Waals surface area contributed by atoms with Crippen LogP contribution < -0.4 is 5.32 Å². The third kappa shape index (κ3) is 3.02. The van der Waals surface area contributed by atoms with Gasteiger partial charge in [0.15, 0.2) is 5.60 Å². The fourth-order valence-electron chi connectivity index (χ4n) is 4.03. The predicted octanol–water partition coefficient (Wildman–Crippen LogP) is 3.41. The van der Waals surface area contributed by atoms with Crippen molar-refractivity contribution < 1.29 is 14.7 Å². The molecule has 2 aliphatic heterocycles. The molecule has 4 rings (SSSR count). The van der Waals surface area contributed by atoms with E-state index in [0.717, 1.165) is 31.5 Å². The molecular weight excluding hydrogens is 352 g/mol. The molecule has 1 fully saturated rings. The number of likely N-dealkylation sites (tertiary alicyclic amines) is 1. The zero-order valence-corrected chi connectivity index (χ0v) is 15.9. The van der Waals surface area contributed by atoms with Gasteiger partial charge in [0.2, 0.25) is 0 Å². The first kappa shape index (κ1) is 18.4. The fraction of sp³-hybridized carbons (Fsp3) is 0.304. The van der Waals surface area contributed by atoms with Gasteiger partial charge in [0.1, 0.15) is 0 Å². The fourth-order valence-corrected chi connectivity index (χ4v) is 4.03. The lowest BCUT2D eigenvalue weighted by Gasteiger charge is -2.26. The number of hydrogen-bond donors (Lipinski definition) is 2. The zero-order chi connectivity index (χ0) is 19.7. The van der Waals surface area contributed by atoms with Gasteiger partial charge < -0.3 is 15.3 Å². The Morgan fingerprint density at radius 2 is 1.82 bits per heavy atom. The summed E-state index contributed by atoms with van der Waals surface area (Å²) < 4.78 is 0. The van der Waals surface area contributed by atoms with Gasteiger partial charge in [-0.05, 0) is 30.5 Å². The van der Waals surface area contributed by atoms with Crippen molar-refractivity contribution in [2.24, 2.45) is 5.92 Å². The Hall–Kier alpha value is -2.92. The van der Waals surface area contributed by atoms with E-state index in [0.29, 0.717) is 16.8 Å². The Morgan fingerprint density at radius 3 is 2.61 bits per heavy atom. The Labute approximate surface area is 164 Å². The molecule has 2 amide bonds. The molecule has 144 valence electrons. The number of fused-ring (bicyclic) bond motifs is 1. The Bertz CT molecular complexity index is 946. The average Bonchev–Trinajstić information content (AvgIpc) is 3.34. The van der Waals surface area contributed by atoms with Crippen LogP contribution in [-0.4, -0.2) is 34.9 Å². The van der Waals surface area contributed by atoms with E-state index < -0.39 is 17.4 Å². The lowest BCUT2D eigenvalue weighted by Crippen LogP contribution is -2.39. The minimum absolute atomic E-state index is 0.0352. The summed E-state index contributed by atoms with van der Waals surface area (Å²) in [4.78, 5) is 27.2. The zero-order valence-electron chi connectivity index (χ0n) is 15.9. The van der Waals surface area contributed by atoms with Crippen molar-refractivity contribution in [2.45, 2.75) is 25.4 Å². The lowest BCUT2D eigenvalue weighted by molar-refractivity contribution is -0.137. The minimum Gasteiger partial charge on any atom is -0.375 e. The van der Waals surface area contributed by atoms with Gasteiger partial charge in [-0.2, -0.15) is 0 Å². The number of carbonyl (C=O) groups is 2. The molecule has 2 aromatic carbocycles. The van der Waals surface area contributed by atoms with E-state index in [9.17, 15) is 14.7 Å². The minimum atomic E-state index is -1.62. The number of amides is 2. The third-order valence-corrected chi connectivity index (χ3v) is 5.74. The Kier molecular flexibility index (Phi) is 4.77. The topological polar surface area (TPSA) is 69.6 Å². The molecule has 2 atom stereocenters. The number of rotatable bonds is 4. The Balaban J connectivity index is 1.62. The van der Waals surface area contributed by atoms with Gasteiger partial charge in [0, 0.05) is 35.8 Å². The molecule has 2 aliphatic rings. The standard InChI is InChI=1S/C23H24N2O3/c1-16(23(28)19-10-4-5-11-20(19)24-22(23)27)12-13-17-8-2-3-9-18(17)21(26)25-14-6-7-15-25/h2-5,8-13,16,28H,6-7,14-15H2,1H3,(H,24,27)/b13-12+/t16-,23+/m1/s1. The Morgan fingerprint density at radius 1 is 1.14 bits per heavy atom. The summed E-state index contributed by atoms with van der Waals surface area (Å²) in [6.45, 7) is 3.40. The monoisotopic (exact) mass is 376 g/mol. The number of nitrogens with one attached hydrogen (secondary N) is 1. The summed E-state index contributed by atoms with van der Waals surface area (Å²) in [6.07, 6.45) is 5.72. The second-order valence-electron chi connectivity index (χ2n) is 7.50. The van der Waals surface area contributed by atoms with Gasteiger partial charge in [-0.25, -0.2) is 0 Å². The first-order valence-corrected chi connectivity index (χ1v) is 9.71. The quantitative estimate of drug-likeness (QED) is 0.859. The summed E-state index contributed by atoms with van der Waals surface area (Å²) in [5, 5.41) is 13.9. The first-order valence-electron chi connectivity index (χ1n) is 9.71. The van der Waals surface area contributed by atoms with E-state index in [1.807, 2.05) is 54.3 Å². The summed E-state index contributed by atoms with van der Waals surface area (Å²) in [5.74, 6) is -0.855. The van der Waals surface area contributed by atoms with Crippen LogP contribution in [0.2, 0.25) is 0 Å². The van der Waals surface area contributed by atoms with Crippen LogP contribution in [0.4, 0.5) is 5.69 Å². The van der Waals surface area contributed by atoms with Crippen molar-refractivity contribution in [3.05, 3.63) is 71.3 Å². The molecule has 2 aromatic rings. The molecule has 2 N–H and O–H groups in total. The van der Waals surface area contributed by atoms with Gasteiger partial charge in [0.05, 0.1) is 0 Å². The molecule has 2 heterocycles. The van der Waals surface area contributed by atoms with Crippen LogP contribution in [0.5, 0.6) is 0 Å². The summed E-state index contributed by atoms with van der Waals surface area (Å²) >= 11 is 0. The summed E-state index contributed by atoms with van der Waals surface area (Å²) in [7, 11) is 0. The first-order chi connectivity index (χ1) is 13.5. The number of anilines is 1. The van der Waals surface area contributed by atoms with Crippen molar-refractivity contribution in [2.75, 3.05) is 18.4 Å². The molecule has 0 aromatic heterocycles. The van der Waals surface area contributed by atoms with Gasteiger partial charge in [-0.1, -0.05) is 55.5 Å². The van der Waals surface area contributed by atoms with E-state index >= 15 is 0 Å².